The van der Waals surface area contributed by atoms with Crippen LogP contribution in [0.25, 0.3) is 0 Å². The van der Waals surface area contributed by atoms with E-state index in [1.165, 1.54) is 18.4 Å². The lowest BCUT2D eigenvalue weighted by molar-refractivity contribution is 0.119. The summed E-state index contributed by atoms with van der Waals surface area (Å²) in [5.41, 5.74) is 1.45. The second-order valence-electron chi connectivity index (χ2n) is 7.94. The van der Waals surface area contributed by atoms with Crippen molar-refractivity contribution in [3.8, 4) is 0 Å². The summed E-state index contributed by atoms with van der Waals surface area (Å²) in [6, 6.07) is 3.27. The average Bonchev–Trinajstić information content (AvgIpc) is 3.17. The lowest BCUT2D eigenvalue weighted by Crippen LogP contribution is -2.52. The van der Waals surface area contributed by atoms with Crippen molar-refractivity contribution in [3.05, 3.63) is 22.4 Å². The Morgan fingerprint density at radius 2 is 2.04 bits per heavy atom. The fourth-order valence-corrected chi connectivity index (χ4v) is 4.54. The average molecular weight is 393 g/mol. The molecule has 2 fully saturated rings. The van der Waals surface area contributed by atoms with Crippen LogP contribution in [0.4, 0.5) is 0 Å². The van der Waals surface area contributed by atoms with Crippen LogP contribution < -0.4 is 10.6 Å². The quantitative estimate of drug-likeness (QED) is 0.568. The highest BCUT2D eigenvalue weighted by atomic mass is 32.1. The van der Waals surface area contributed by atoms with Gasteiger partial charge in [-0.2, -0.15) is 11.3 Å². The van der Waals surface area contributed by atoms with Crippen molar-refractivity contribution in [2.75, 3.05) is 59.9 Å². The van der Waals surface area contributed by atoms with E-state index in [1.54, 1.807) is 11.3 Å². The van der Waals surface area contributed by atoms with Gasteiger partial charge in [0, 0.05) is 57.9 Å². The number of nitrogens with zero attached hydrogens (tertiary/aromatic N) is 4. The largest absolute Gasteiger partial charge is 0.357 e. The topological polar surface area (TPSA) is 46.1 Å². The van der Waals surface area contributed by atoms with Crippen LogP contribution in [0.15, 0.2) is 21.8 Å². The summed E-state index contributed by atoms with van der Waals surface area (Å²) in [6.45, 7) is 10.7. The summed E-state index contributed by atoms with van der Waals surface area (Å²) in [5, 5.41) is 11.6. The molecule has 2 aliphatic rings. The summed E-state index contributed by atoms with van der Waals surface area (Å²) >= 11 is 1.79. The molecule has 1 aromatic rings. The summed E-state index contributed by atoms with van der Waals surface area (Å²) in [7, 11) is 4.42. The molecule has 0 radical (unpaired) electrons. The van der Waals surface area contributed by atoms with E-state index in [-0.39, 0.29) is 0 Å². The summed E-state index contributed by atoms with van der Waals surface area (Å²) in [4.78, 5) is 12.3. The molecule has 1 atom stereocenters. The lowest BCUT2D eigenvalue weighted by atomic mass is 10.0. The molecule has 1 unspecified atom stereocenters. The van der Waals surface area contributed by atoms with Crippen LogP contribution in [-0.2, 0) is 6.54 Å². The van der Waals surface area contributed by atoms with Crippen molar-refractivity contribution >= 4 is 17.3 Å². The first-order valence-electron chi connectivity index (χ1n) is 10.3. The molecule has 1 aromatic heterocycles. The van der Waals surface area contributed by atoms with Crippen LogP contribution in [0, 0.1) is 0 Å². The van der Waals surface area contributed by atoms with E-state index in [1.807, 2.05) is 0 Å². The molecular weight excluding hydrogens is 356 g/mol. The second kappa shape index (κ2) is 10.4. The first kappa shape index (κ1) is 20.6. The number of nitrogens with one attached hydrogen (secondary N) is 2. The van der Waals surface area contributed by atoms with E-state index < -0.39 is 0 Å². The maximum atomic E-state index is 4.91. The molecule has 0 aromatic carbocycles. The third-order valence-corrected chi connectivity index (χ3v) is 6.43. The molecule has 27 heavy (non-hydrogen) atoms. The van der Waals surface area contributed by atoms with Crippen molar-refractivity contribution < 1.29 is 0 Å². The van der Waals surface area contributed by atoms with Gasteiger partial charge < -0.3 is 15.5 Å². The lowest BCUT2D eigenvalue weighted by Gasteiger charge is -2.37. The second-order valence-corrected chi connectivity index (χ2v) is 8.72. The summed E-state index contributed by atoms with van der Waals surface area (Å²) in [6.07, 6.45) is 2.36. The van der Waals surface area contributed by atoms with Crippen LogP contribution in [0.1, 0.15) is 25.3 Å². The van der Waals surface area contributed by atoms with Gasteiger partial charge in [-0.3, -0.25) is 14.8 Å². The number of rotatable bonds is 6. The molecule has 3 rings (SSSR count). The van der Waals surface area contributed by atoms with E-state index >= 15 is 0 Å². The van der Waals surface area contributed by atoms with Gasteiger partial charge in [0.15, 0.2) is 5.96 Å². The number of piperidine rings is 1. The van der Waals surface area contributed by atoms with Crippen LogP contribution in [0.2, 0.25) is 0 Å². The van der Waals surface area contributed by atoms with Crippen LogP contribution in [0.3, 0.4) is 0 Å². The zero-order chi connectivity index (χ0) is 19.1. The van der Waals surface area contributed by atoms with Crippen LogP contribution in [0.5, 0.6) is 0 Å². The highest BCUT2D eigenvalue weighted by Gasteiger charge is 2.23. The molecule has 0 saturated carbocycles. The van der Waals surface area contributed by atoms with Crippen molar-refractivity contribution in [2.24, 2.45) is 4.99 Å². The van der Waals surface area contributed by atoms with Gasteiger partial charge >= 0.3 is 0 Å². The zero-order valence-electron chi connectivity index (χ0n) is 17.2. The number of thiophene rings is 1. The molecule has 6 nitrogen and oxygen atoms in total. The smallest absolute Gasteiger partial charge is 0.191 e. The molecule has 0 amide bonds. The van der Waals surface area contributed by atoms with Crippen molar-refractivity contribution in [2.45, 2.75) is 38.4 Å². The molecule has 152 valence electrons. The fourth-order valence-electron chi connectivity index (χ4n) is 3.88. The number of guanidine groups is 1. The molecule has 0 bridgehead atoms. The maximum Gasteiger partial charge on any atom is 0.191 e. The van der Waals surface area contributed by atoms with Crippen LogP contribution in [-0.4, -0.2) is 92.7 Å². The van der Waals surface area contributed by atoms with Gasteiger partial charge in [-0.1, -0.05) is 0 Å². The Morgan fingerprint density at radius 3 is 2.74 bits per heavy atom. The summed E-state index contributed by atoms with van der Waals surface area (Å²) in [5.74, 6) is 0.982. The van der Waals surface area contributed by atoms with Gasteiger partial charge in [-0.15, -0.1) is 0 Å². The van der Waals surface area contributed by atoms with Gasteiger partial charge in [-0.25, -0.2) is 0 Å². The summed E-state index contributed by atoms with van der Waals surface area (Å²) < 4.78 is 0. The molecule has 2 N–H and O–H groups in total. The Kier molecular flexibility index (Phi) is 7.93. The predicted molar refractivity (Wildman–Crippen MR) is 116 cm³/mol. The number of aliphatic imine (C=N–C) groups is 1. The van der Waals surface area contributed by atoms with Gasteiger partial charge in [0.2, 0.25) is 0 Å². The van der Waals surface area contributed by atoms with Crippen molar-refractivity contribution in [3.63, 3.8) is 0 Å². The van der Waals surface area contributed by atoms with E-state index in [4.69, 9.17) is 4.99 Å². The highest BCUT2D eigenvalue weighted by molar-refractivity contribution is 7.07. The Balaban J connectivity index is 1.46. The molecule has 2 aliphatic heterocycles. The maximum absolute atomic E-state index is 4.91. The van der Waals surface area contributed by atoms with Crippen molar-refractivity contribution in [1.29, 1.82) is 0 Å². The standard InChI is InChI=1S/C20H36N6S/c1-4-21-20(22-13-19-15-24(2)10-11-25(19)3)23-18-5-8-26(9-6-18)14-17-7-12-27-16-17/h7,12,16,18-19H,4-6,8-11,13-15H2,1-3H3,(H2,21,22,23). The van der Waals surface area contributed by atoms with Gasteiger partial charge in [0.25, 0.3) is 0 Å². The Labute approximate surface area is 168 Å². The number of hydrogen-bond donors (Lipinski definition) is 2. The minimum absolute atomic E-state index is 0.506. The number of piperazine rings is 1. The number of likely N-dealkylation sites (tertiary alicyclic amines) is 1. The molecule has 0 spiro atoms. The Bertz CT molecular complexity index is 567. The molecule has 3 heterocycles. The van der Waals surface area contributed by atoms with E-state index in [0.29, 0.717) is 12.1 Å². The predicted octanol–water partition coefficient (Wildman–Crippen LogP) is 1.51. The molecular formula is C20H36N6S. The SMILES string of the molecule is CCNC(=NCC1CN(C)CCN1C)NC1CCN(Cc2ccsc2)CC1. The third kappa shape index (κ3) is 6.45. The van der Waals surface area contributed by atoms with Gasteiger partial charge in [-0.05, 0) is 56.3 Å². The molecule has 7 heteroatoms. The Hall–Kier alpha value is -1.15. The van der Waals surface area contributed by atoms with Crippen LogP contribution >= 0.6 is 11.3 Å². The Morgan fingerprint density at radius 1 is 1.22 bits per heavy atom. The normalized spacial score (nSPS) is 24.3. The number of likely N-dealkylation sites (N-methyl/N-ethyl adjacent to an activating group) is 2. The van der Waals surface area contributed by atoms with Gasteiger partial charge in [0.05, 0.1) is 6.54 Å². The van der Waals surface area contributed by atoms with E-state index in [9.17, 15) is 0 Å². The van der Waals surface area contributed by atoms with E-state index in [2.05, 4.69) is 63.2 Å². The van der Waals surface area contributed by atoms with Gasteiger partial charge in [0.1, 0.15) is 0 Å². The third-order valence-electron chi connectivity index (χ3n) is 5.70. The highest BCUT2D eigenvalue weighted by Crippen LogP contribution is 2.15. The zero-order valence-corrected chi connectivity index (χ0v) is 18.0. The van der Waals surface area contributed by atoms with E-state index in [0.717, 1.165) is 58.3 Å². The monoisotopic (exact) mass is 392 g/mol. The number of hydrogen-bond acceptors (Lipinski definition) is 5. The minimum Gasteiger partial charge on any atom is -0.357 e. The first-order valence-corrected chi connectivity index (χ1v) is 11.3. The molecule has 2 saturated heterocycles. The first-order chi connectivity index (χ1) is 13.1. The minimum atomic E-state index is 0.506. The molecule has 0 aliphatic carbocycles. The fraction of sp³-hybridized carbons (Fsp3) is 0.750. The van der Waals surface area contributed by atoms with Crippen molar-refractivity contribution in [1.82, 2.24) is 25.3 Å².